The van der Waals surface area contributed by atoms with Crippen LogP contribution in [0.5, 0.6) is 0 Å². The molecule has 0 heterocycles. The van der Waals surface area contributed by atoms with Gasteiger partial charge in [0, 0.05) is 6.29 Å². The van der Waals surface area contributed by atoms with E-state index in [1.54, 1.807) is 0 Å². The molecule has 0 saturated heterocycles. The van der Waals surface area contributed by atoms with Gasteiger partial charge in [-0.1, -0.05) is 7.60 Å². The molecule has 10 heteroatoms. The van der Waals surface area contributed by atoms with Crippen LogP contribution in [0.4, 0.5) is 0 Å². The number of nitrogens with one attached hydrogen (secondary N) is 1. The molecular formula is C3H7N2Na2O5P. The topological polar surface area (TPSA) is 116 Å². The van der Waals surface area contributed by atoms with Gasteiger partial charge in [0.25, 0.3) is 0 Å². The van der Waals surface area contributed by atoms with Crippen LogP contribution in [0.3, 0.4) is 0 Å². The Morgan fingerprint density at radius 1 is 1.46 bits per heavy atom. The van der Waals surface area contributed by atoms with Gasteiger partial charge >= 0.3 is 59.1 Å². The van der Waals surface area contributed by atoms with Crippen LogP contribution in [0.2, 0.25) is 0 Å². The molecule has 0 aliphatic carbocycles. The van der Waals surface area contributed by atoms with E-state index in [0.29, 0.717) is 0 Å². The Morgan fingerprint density at radius 2 is 1.92 bits per heavy atom. The molecule has 0 aromatic rings. The van der Waals surface area contributed by atoms with Crippen LogP contribution in [-0.4, -0.2) is 29.6 Å². The molecule has 0 unspecified atom stereocenters. The van der Waals surface area contributed by atoms with Gasteiger partial charge in [0.05, 0.1) is 6.67 Å². The summed E-state index contributed by atoms with van der Waals surface area (Å²) in [4.78, 5) is 29.5. The van der Waals surface area contributed by atoms with Gasteiger partial charge in [0.15, 0.2) is 0 Å². The molecule has 0 aliphatic rings. The van der Waals surface area contributed by atoms with E-state index in [4.69, 9.17) is 5.21 Å². The summed E-state index contributed by atoms with van der Waals surface area (Å²) < 4.78 is 9.92. The van der Waals surface area contributed by atoms with Gasteiger partial charge < -0.3 is 14.4 Å². The first-order valence-corrected chi connectivity index (χ1v) is 4.31. The number of hydrogen-bond donors (Lipinski definition) is 2. The minimum absolute atomic E-state index is 0. The van der Waals surface area contributed by atoms with Crippen LogP contribution < -0.4 is 74.2 Å². The van der Waals surface area contributed by atoms with Crippen molar-refractivity contribution in [2.24, 2.45) is 0 Å². The maximum absolute atomic E-state index is 9.92. The third-order valence-electron chi connectivity index (χ3n) is 0.701. The largest absolute Gasteiger partial charge is 1.00 e. The number of amides is 1. The Hall–Kier alpha value is 1.54. The summed E-state index contributed by atoms with van der Waals surface area (Å²) in [6.45, 7) is -0.391. The average Bonchev–Trinajstić information content (AvgIpc) is 1.85. The molecule has 1 amide bonds. The van der Waals surface area contributed by atoms with Crippen molar-refractivity contribution in [1.29, 1.82) is 0 Å². The Labute approximate surface area is 120 Å². The number of carbonyl (C=O) groups excluding carboxylic acids is 1. The smallest absolute Gasteiger partial charge is 0.810 e. The number of nitrogens with zero attached hydrogens (tertiary/aromatic N) is 1. The predicted molar refractivity (Wildman–Crippen MR) is 30.2 cm³/mol. The van der Waals surface area contributed by atoms with Crippen molar-refractivity contribution in [1.82, 2.24) is 10.4 Å². The third kappa shape index (κ3) is 16.2. The van der Waals surface area contributed by atoms with E-state index < -0.39 is 20.6 Å². The molecular weight excluding hydrogens is 221 g/mol. The van der Waals surface area contributed by atoms with Crippen LogP contribution in [0.25, 0.3) is 0 Å². The second-order valence-electron chi connectivity index (χ2n) is 1.72. The Bertz CT molecular complexity index is 175. The standard InChI is InChI=1S/C3H9N2O5P.2Na/c6-3-5(7)1-4-2-11(8,9)10;;/h3-4,7H,1-2H2,(H2,8,9,10);;/q;2*+1/p-2. The maximum atomic E-state index is 9.92. The first-order chi connectivity index (χ1) is 4.95. The van der Waals surface area contributed by atoms with Gasteiger partial charge in [-0.15, -0.1) is 0 Å². The first kappa shape index (κ1) is 20.0. The SMILES string of the molecule is O=CN(O)CNCP(=O)([O-])[O-].[Na+].[Na+]. The number of hydroxylamine groups is 2. The summed E-state index contributed by atoms with van der Waals surface area (Å²) in [7, 11) is -4.60. The van der Waals surface area contributed by atoms with Gasteiger partial charge in [-0.05, 0) is 0 Å². The van der Waals surface area contributed by atoms with Crippen molar-refractivity contribution in [2.75, 3.05) is 13.0 Å². The number of rotatable bonds is 5. The van der Waals surface area contributed by atoms with E-state index in [-0.39, 0.29) is 70.6 Å². The van der Waals surface area contributed by atoms with Gasteiger partial charge in [-0.25, -0.2) is 5.06 Å². The molecule has 0 spiro atoms. The molecule has 7 nitrogen and oxygen atoms in total. The molecule has 66 valence electrons. The van der Waals surface area contributed by atoms with Crippen LogP contribution in [0.15, 0.2) is 0 Å². The normalized spacial score (nSPS) is 9.46. The van der Waals surface area contributed by atoms with E-state index in [2.05, 4.69) is 0 Å². The fourth-order valence-corrected chi connectivity index (χ4v) is 0.713. The van der Waals surface area contributed by atoms with E-state index in [1.807, 2.05) is 5.32 Å². The Balaban J connectivity index is -0.000000500. The summed E-state index contributed by atoms with van der Waals surface area (Å²) in [6, 6.07) is 0. The zero-order valence-electron chi connectivity index (χ0n) is 7.47. The summed E-state index contributed by atoms with van der Waals surface area (Å²) in [5.41, 5.74) is 0. The van der Waals surface area contributed by atoms with E-state index in [1.165, 1.54) is 0 Å². The second kappa shape index (κ2) is 10.1. The van der Waals surface area contributed by atoms with Gasteiger partial charge in [-0.3, -0.25) is 15.3 Å². The summed E-state index contributed by atoms with van der Waals surface area (Å²) >= 11 is 0. The van der Waals surface area contributed by atoms with Crippen molar-refractivity contribution in [3.8, 4) is 0 Å². The quantitative estimate of drug-likeness (QED) is 0.120. The molecule has 0 fully saturated rings. The van der Waals surface area contributed by atoms with Crippen molar-refractivity contribution in [3.05, 3.63) is 0 Å². The van der Waals surface area contributed by atoms with Gasteiger partial charge in [0.2, 0.25) is 6.41 Å². The van der Waals surface area contributed by atoms with Crippen LogP contribution in [0.1, 0.15) is 0 Å². The fourth-order valence-electron chi connectivity index (χ4n) is 0.339. The minimum Gasteiger partial charge on any atom is -0.810 e. The number of carbonyl (C=O) groups is 1. The van der Waals surface area contributed by atoms with Gasteiger partial charge in [-0.2, -0.15) is 0 Å². The fraction of sp³-hybridized carbons (Fsp3) is 0.667. The minimum atomic E-state index is -4.60. The van der Waals surface area contributed by atoms with E-state index in [0.717, 1.165) is 0 Å². The first-order valence-electron chi connectivity index (χ1n) is 2.58. The maximum Gasteiger partial charge on any atom is 1.00 e. The molecule has 0 radical (unpaired) electrons. The summed E-state index contributed by atoms with van der Waals surface area (Å²) in [5, 5.41) is 10.6. The molecule has 0 atom stereocenters. The van der Waals surface area contributed by atoms with Crippen LogP contribution in [0, 0.1) is 0 Å². The van der Waals surface area contributed by atoms with Crippen molar-refractivity contribution >= 4 is 14.0 Å². The Morgan fingerprint density at radius 3 is 2.23 bits per heavy atom. The monoisotopic (exact) mass is 228 g/mol. The predicted octanol–water partition coefficient (Wildman–Crippen LogP) is -8.74. The van der Waals surface area contributed by atoms with Gasteiger partial charge in [0.1, 0.15) is 0 Å². The molecule has 0 aromatic carbocycles. The molecule has 0 aromatic heterocycles. The second-order valence-corrected chi connectivity index (χ2v) is 3.26. The van der Waals surface area contributed by atoms with Crippen molar-refractivity contribution in [2.45, 2.75) is 0 Å². The molecule has 13 heavy (non-hydrogen) atoms. The molecule has 0 aliphatic heterocycles. The Kier molecular flexibility index (Phi) is 15.5. The average molecular weight is 228 g/mol. The molecule has 0 saturated carbocycles. The van der Waals surface area contributed by atoms with Crippen molar-refractivity contribution < 1.29 is 83.5 Å². The van der Waals surface area contributed by atoms with E-state index >= 15 is 0 Å². The van der Waals surface area contributed by atoms with Crippen LogP contribution >= 0.6 is 7.60 Å². The zero-order valence-corrected chi connectivity index (χ0v) is 12.4. The van der Waals surface area contributed by atoms with E-state index in [9.17, 15) is 19.1 Å². The molecule has 0 rings (SSSR count). The van der Waals surface area contributed by atoms with Crippen LogP contribution in [-0.2, 0) is 9.36 Å². The molecule has 0 bridgehead atoms. The summed E-state index contributed by atoms with van der Waals surface area (Å²) in [6.07, 6.45) is -0.717. The van der Waals surface area contributed by atoms with Crippen molar-refractivity contribution in [3.63, 3.8) is 0 Å². The summed E-state index contributed by atoms with van der Waals surface area (Å²) in [5.74, 6) is 0. The zero-order chi connectivity index (χ0) is 8.91. The molecule has 2 N–H and O–H groups in total. The number of hydrogen-bond acceptors (Lipinski definition) is 6. The third-order valence-corrected chi connectivity index (χ3v) is 1.31.